The summed E-state index contributed by atoms with van der Waals surface area (Å²) in [7, 11) is 0. The third-order valence-electron chi connectivity index (χ3n) is 1.77. The molecule has 1 rings (SSSR count). The summed E-state index contributed by atoms with van der Waals surface area (Å²) in [6, 6.07) is 5.81. The number of hydrogen-bond donors (Lipinski definition) is 2. The van der Waals surface area contributed by atoms with Crippen molar-refractivity contribution in [3.8, 4) is 0 Å². The van der Waals surface area contributed by atoms with Gasteiger partial charge in [0.1, 0.15) is 6.17 Å². The number of rotatable bonds is 2. The van der Waals surface area contributed by atoms with E-state index >= 15 is 0 Å². The number of halogens is 4. The number of nitrogens with two attached hydrogens (primary N) is 1. The van der Waals surface area contributed by atoms with Gasteiger partial charge in [0.2, 0.25) is 0 Å². The van der Waals surface area contributed by atoms with Gasteiger partial charge in [0.25, 0.3) is 0 Å². The largest absolute Gasteiger partial charge is 0.471 e. The van der Waals surface area contributed by atoms with Crippen molar-refractivity contribution in [2.75, 3.05) is 0 Å². The van der Waals surface area contributed by atoms with Crippen LogP contribution in [0.25, 0.3) is 0 Å². The molecule has 0 saturated heterocycles. The van der Waals surface area contributed by atoms with Crippen LogP contribution in [-0.4, -0.2) is 12.1 Å². The van der Waals surface area contributed by atoms with E-state index in [0.29, 0.717) is 10.6 Å². The van der Waals surface area contributed by atoms with Gasteiger partial charge in [-0.3, -0.25) is 4.79 Å². The minimum atomic E-state index is -4.94. The molecule has 0 aliphatic heterocycles. The molecule has 0 aromatic heterocycles. The maximum atomic E-state index is 11.9. The van der Waals surface area contributed by atoms with Gasteiger partial charge in [0, 0.05) is 5.02 Å². The Morgan fingerprint density at radius 3 is 2.25 bits per heavy atom. The van der Waals surface area contributed by atoms with Gasteiger partial charge in [-0.05, 0) is 17.7 Å². The molecule has 1 unspecified atom stereocenters. The van der Waals surface area contributed by atoms with Crippen LogP contribution in [0.15, 0.2) is 24.3 Å². The van der Waals surface area contributed by atoms with Crippen LogP contribution in [0.1, 0.15) is 11.7 Å². The topological polar surface area (TPSA) is 55.1 Å². The zero-order valence-electron chi connectivity index (χ0n) is 7.88. The van der Waals surface area contributed by atoms with E-state index in [9.17, 15) is 18.0 Å². The fourth-order valence-electron chi connectivity index (χ4n) is 0.977. The Hall–Kier alpha value is -1.27. The molecule has 0 aliphatic carbocycles. The molecule has 1 atom stereocenters. The molecule has 0 fully saturated rings. The second-order valence-electron chi connectivity index (χ2n) is 3.00. The number of carbonyl (C=O) groups is 1. The lowest BCUT2D eigenvalue weighted by molar-refractivity contribution is -0.174. The maximum absolute atomic E-state index is 11.9. The quantitative estimate of drug-likeness (QED) is 0.791. The third-order valence-corrected chi connectivity index (χ3v) is 2.03. The molecular weight excluding hydrogens is 245 g/mol. The van der Waals surface area contributed by atoms with Crippen molar-refractivity contribution in [3.05, 3.63) is 34.9 Å². The summed E-state index contributed by atoms with van der Waals surface area (Å²) in [6.07, 6.45) is -6.16. The Balaban J connectivity index is 2.69. The van der Waals surface area contributed by atoms with Crippen molar-refractivity contribution >= 4 is 17.5 Å². The van der Waals surface area contributed by atoms with Crippen molar-refractivity contribution in [1.29, 1.82) is 0 Å². The number of hydrogen-bond acceptors (Lipinski definition) is 2. The van der Waals surface area contributed by atoms with Crippen LogP contribution in [0.4, 0.5) is 13.2 Å². The first-order valence-corrected chi connectivity index (χ1v) is 4.57. The molecular formula is C9H8ClF3N2O. The van der Waals surface area contributed by atoms with Crippen molar-refractivity contribution in [2.24, 2.45) is 5.73 Å². The van der Waals surface area contributed by atoms with Gasteiger partial charge in [-0.15, -0.1) is 0 Å². The standard InChI is InChI=1S/C9H8ClF3N2O/c10-6-3-1-5(2-4-6)7(14)15-8(16)9(11,12)13/h1-4,7H,14H2,(H,15,16). The first-order valence-electron chi connectivity index (χ1n) is 4.19. The van der Waals surface area contributed by atoms with Crippen LogP contribution < -0.4 is 11.1 Å². The molecule has 0 aliphatic rings. The minimum absolute atomic E-state index is 0.335. The van der Waals surface area contributed by atoms with Crippen LogP contribution in [-0.2, 0) is 4.79 Å². The Morgan fingerprint density at radius 2 is 1.81 bits per heavy atom. The van der Waals surface area contributed by atoms with Crippen LogP contribution >= 0.6 is 11.6 Å². The fourth-order valence-corrected chi connectivity index (χ4v) is 1.10. The molecule has 0 spiro atoms. The van der Waals surface area contributed by atoms with Crippen LogP contribution in [0.3, 0.4) is 0 Å². The summed E-state index contributed by atoms with van der Waals surface area (Å²) < 4.78 is 35.7. The lowest BCUT2D eigenvalue weighted by Crippen LogP contribution is -2.42. The molecule has 0 radical (unpaired) electrons. The smallest absolute Gasteiger partial charge is 0.329 e. The number of alkyl halides is 3. The molecule has 3 nitrogen and oxygen atoms in total. The van der Waals surface area contributed by atoms with Crippen LogP contribution in [0.5, 0.6) is 0 Å². The highest BCUT2D eigenvalue weighted by molar-refractivity contribution is 6.30. The molecule has 7 heteroatoms. The first kappa shape index (κ1) is 12.8. The molecule has 0 saturated carbocycles. The molecule has 3 N–H and O–H groups in total. The predicted molar refractivity (Wildman–Crippen MR) is 52.6 cm³/mol. The molecule has 0 bridgehead atoms. The monoisotopic (exact) mass is 252 g/mol. The highest BCUT2D eigenvalue weighted by Crippen LogP contribution is 2.17. The van der Waals surface area contributed by atoms with Crippen molar-refractivity contribution in [3.63, 3.8) is 0 Å². The van der Waals surface area contributed by atoms with Gasteiger partial charge in [-0.2, -0.15) is 13.2 Å². The molecule has 1 amide bonds. The molecule has 1 aromatic carbocycles. The van der Waals surface area contributed by atoms with E-state index in [1.54, 1.807) is 5.32 Å². The Bertz CT molecular complexity index is 377. The zero-order valence-corrected chi connectivity index (χ0v) is 8.64. The van der Waals surface area contributed by atoms with Gasteiger partial charge >= 0.3 is 12.1 Å². The lowest BCUT2D eigenvalue weighted by Gasteiger charge is -2.15. The summed E-state index contributed by atoms with van der Waals surface area (Å²) in [5.74, 6) is -2.07. The van der Waals surface area contributed by atoms with Crippen LogP contribution in [0, 0.1) is 0 Å². The second kappa shape index (κ2) is 4.71. The highest BCUT2D eigenvalue weighted by atomic mass is 35.5. The van der Waals surface area contributed by atoms with Gasteiger partial charge in [-0.25, -0.2) is 0 Å². The van der Waals surface area contributed by atoms with Gasteiger partial charge in [-0.1, -0.05) is 23.7 Å². The normalized spacial score (nSPS) is 13.3. The number of carbonyl (C=O) groups excluding carboxylic acids is 1. The molecule has 1 aromatic rings. The summed E-state index contributed by atoms with van der Waals surface area (Å²) >= 11 is 5.59. The first-order chi connectivity index (χ1) is 7.30. The zero-order chi connectivity index (χ0) is 12.3. The van der Waals surface area contributed by atoms with Gasteiger partial charge in [0.15, 0.2) is 0 Å². The van der Waals surface area contributed by atoms with Crippen molar-refractivity contribution < 1.29 is 18.0 Å². The average Bonchev–Trinajstić information content (AvgIpc) is 2.17. The predicted octanol–water partition coefficient (Wildman–Crippen LogP) is 1.98. The van der Waals surface area contributed by atoms with E-state index in [-0.39, 0.29) is 0 Å². The Labute approximate surface area is 94.4 Å². The summed E-state index contributed by atoms with van der Waals surface area (Å²) in [4.78, 5) is 10.6. The lowest BCUT2D eigenvalue weighted by atomic mass is 10.2. The van der Waals surface area contributed by atoms with Gasteiger partial charge in [0.05, 0.1) is 0 Å². The van der Waals surface area contributed by atoms with E-state index in [4.69, 9.17) is 17.3 Å². The summed E-state index contributed by atoms with van der Waals surface area (Å²) in [5.41, 5.74) is 5.70. The van der Waals surface area contributed by atoms with E-state index in [1.807, 2.05) is 0 Å². The average molecular weight is 253 g/mol. The summed E-state index contributed by atoms with van der Waals surface area (Å²) in [6.45, 7) is 0. The highest BCUT2D eigenvalue weighted by Gasteiger charge is 2.39. The maximum Gasteiger partial charge on any atom is 0.471 e. The van der Waals surface area contributed by atoms with Crippen molar-refractivity contribution in [1.82, 2.24) is 5.32 Å². The molecule has 16 heavy (non-hydrogen) atoms. The number of benzene rings is 1. The van der Waals surface area contributed by atoms with Crippen molar-refractivity contribution in [2.45, 2.75) is 12.3 Å². The SMILES string of the molecule is NC(NC(=O)C(F)(F)F)c1ccc(Cl)cc1. The molecule has 0 heterocycles. The Morgan fingerprint density at radius 1 is 1.31 bits per heavy atom. The van der Waals surface area contributed by atoms with E-state index in [1.165, 1.54) is 24.3 Å². The Kier molecular flexibility index (Phi) is 3.77. The second-order valence-corrected chi connectivity index (χ2v) is 3.44. The minimum Gasteiger partial charge on any atom is -0.329 e. The molecule has 88 valence electrons. The summed E-state index contributed by atoms with van der Waals surface area (Å²) in [5, 5.41) is 2.06. The van der Waals surface area contributed by atoms with Gasteiger partial charge < -0.3 is 11.1 Å². The van der Waals surface area contributed by atoms with E-state index in [0.717, 1.165) is 0 Å². The number of amides is 1. The third kappa shape index (κ3) is 3.39. The van der Waals surface area contributed by atoms with Crippen LogP contribution in [0.2, 0.25) is 5.02 Å². The van der Waals surface area contributed by atoms with E-state index in [2.05, 4.69) is 0 Å². The fraction of sp³-hybridized carbons (Fsp3) is 0.222. The van der Waals surface area contributed by atoms with E-state index < -0.39 is 18.2 Å². The number of nitrogens with one attached hydrogen (secondary N) is 1.